The first-order valence-electron chi connectivity index (χ1n) is 6.90. The van der Waals surface area contributed by atoms with Crippen molar-refractivity contribution in [3.63, 3.8) is 0 Å². The van der Waals surface area contributed by atoms with Crippen molar-refractivity contribution < 1.29 is 8.42 Å². The number of hydrogen-bond acceptors (Lipinski definition) is 2. The molecular formula is C16H17Cl2NO2S. The molecule has 0 spiro atoms. The van der Waals surface area contributed by atoms with Crippen LogP contribution in [0.3, 0.4) is 0 Å². The molecule has 1 N–H and O–H groups in total. The van der Waals surface area contributed by atoms with Crippen molar-refractivity contribution in [2.75, 3.05) is 0 Å². The first-order valence-corrected chi connectivity index (χ1v) is 9.14. The van der Waals surface area contributed by atoms with Gasteiger partial charge in [0.1, 0.15) is 4.90 Å². The van der Waals surface area contributed by atoms with Gasteiger partial charge in [0.25, 0.3) is 0 Å². The van der Waals surface area contributed by atoms with E-state index in [-0.39, 0.29) is 16.0 Å². The van der Waals surface area contributed by atoms with Crippen molar-refractivity contribution in [2.45, 2.75) is 30.7 Å². The zero-order valence-corrected chi connectivity index (χ0v) is 14.4. The second-order valence-corrected chi connectivity index (χ2v) is 7.65. The molecular weight excluding hydrogens is 341 g/mol. The van der Waals surface area contributed by atoms with Crippen LogP contribution >= 0.6 is 23.2 Å². The van der Waals surface area contributed by atoms with Crippen LogP contribution in [-0.4, -0.2) is 14.5 Å². The molecule has 0 fully saturated rings. The molecule has 0 heterocycles. The van der Waals surface area contributed by atoms with E-state index in [9.17, 15) is 8.42 Å². The standard InChI is InChI=1S/C16H17Cl2NO2S/c1-12(7-8-13-5-3-2-4-6-13)19-22(20,21)16-11-14(17)9-10-15(16)18/h2-6,9-12,19H,7-8H2,1H3. The van der Waals surface area contributed by atoms with Gasteiger partial charge in [-0.25, -0.2) is 13.1 Å². The zero-order valence-electron chi connectivity index (χ0n) is 12.1. The van der Waals surface area contributed by atoms with Gasteiger partial charge in [0.15, 0.2) is 0 Å². The zero-order chi connectivity index (χ0) is 16.2. The van der Waals surface area contributed by atoms with Gasteiger partial charge in [-0.15, -0.1) is 0 Å². The number of nitrogens with one attached hydrogen (secondary N) is 1. The Kier molecular flexibility index (Phi) is 5.87. The van der Waals surface area contributed by atoms with Crippen LogP contribution in [0.4, 0.5) is 0 Å². The molecule has 1 unspecified atom stereocenters. The fourth-order valence-electron chi connectivity index (χ4n) is 2.10. The molecule has 2 aromatic carbocycles. The highest BCUT2D eigenvalue weighted by molar-refractivity contribution is 7.89. The molecule has 0 aliphatic heterocycles. The van der Waals surface area contributed by atoms with E-state index in [0.717, 1.165) is 6.42 Å². The maximum atomic E-state index is 12.4. The molecule has 0 bridgehead atoms. The molecule has 118 valence electrons. The number of aryl methyl sites for hydroxylation is 1. The molecule has 0 saturated heterocycles. The Bertz CT molecular complexity index is 733. The lowest BCUT2D eigenvalue weighted by Crippen LogP contribution is -2.33. The van der Waals surface area contributed by atoms with E-state index >= 15 is 0 Å². The maximum Gasteiger partial charge on any atom is 0.242 e. The minimum absolute atomic E-state index is 0.00762. The van der Waals surface area contributed by atoms with Crippen LogP contribution < -0.4 is 4.72 Å². The molecule has 22 heavy (non-hydrogen) atoms. The fourth-order valence-corrected chi connectivity index (χ4v) is 4.14. The summed E-state index contributed by atoms with van der Waals surface area (Å²) in [6.07, 6.45) is 1.50. The Morgan fingerprint density at radius 3 is 2.45 bits per heavy atom. The summed E-state index contributed by atoms with van der Waals surface area (Å²) in [5.74, 6) is 0. The van der Waals surface area contributed by atoms with Gasteiger partial charge in [0, 0.05) is 11.1 Å². The lowest BCUT2D eigenvalue weighted by atomic mass is 10.1. The molecule has 0 amide bonds. The third-order valence-corrected chi connectivity index (χ3v) is 5.55. The molecule has 0 aliphatic rings. The SMILES string of the molecule is CC(CCc1ccccc1)NS(=O)(=O)c1cc(Cl)ccc1Cl. The van der Waals surface area contributed by atoms with Crippen molar-refractivity contribution in [1.29, 1.82) is 0 Å². The Morgan fingerprint density at radius 2 is 1.77 bits per heavy atom. The van der Waals surface area contributed by atoms with E-state index in [1.54, 1.807) is 6.07 Å². The molecule has 0 saturated carbocycles. The van der Waals surface area contributed by atoms with Crippen molar-refractivity contribution in [1.82, 2.24) is 4.72 Å². The van der Waals surface area contributed by atoms with E-state index in [1.807, 2.05) is 37.3 Å². The smallest absolute Gasteiger partial charge is 0.208 e. The highest BCUT2D eigenvalue weighted by Gasteiger charge is 2.20. The van der Waals surface area contributed by atoms with Crippen LogP contribution in [-0.2, 0) is 16.4 Å². The van der Waals surface area contributed by atoms with Crippen molar-refractivity contribution in [3.8, 4) is 0 Å². The van der Waals surface area contributed by atoms with Gasteiger partial charge in [-0.1, -0.05) is 53.5 Å². The second-order valence-electron chi connectivity index (χ2n) is 5.12. The minimum atomic E-state index is -3.68. The van der Waals surface area contributed by atoms with Crippen LogP contribution in [0.25, 0.3) is 0 Å². The quantitative estimate of drug-likeness (QED) is 0.837. The van der Waals surface area contributed by atoms with Gasteiger partial charge in [0.2, 0.25) is 10.0 Å². The van der Waals surface area contributed by atoms with Crippen LogP contribution in [0.15, 0.2) is 53.4 Å². The highest BCUT2D eigenvalue weighted by atomic mass is 35.5. The van der Waals surface area contributed by atoms with E-state index in [0.29, 0.717) is 11.4 Å². The molecule has 3 nitrogen and oxygen atoms in total. The predicted molar refractivity (Wildman–Crippen MR) is 91.0 cm³/mol. The third-order valence-electron chi connectivity index (χ3n) is 3.25. The average Bonchev–Trinajstić information content (AvgIpc) is 2.48. The maximum absolute atomic E-state index is 12.4. The van der Waals surface area contributed by atoms with Gasteiger partial charge in [-0.05, 0) is 43.5 Å². The van der Waals surface area contributed by atoms with Gasteiger partial charge in [-0.3, -0.25) is 0 Å². The minimum Gasteiger partial charge on any atom is -0.208 e. The average molecular weight is 358 g/mol. The number of benzene rings is 2. The third kappa shape index (κ3) is 4.71. The summed E-state index contributed by atoms with van der Waals surface area (Å²) in [4.78, 5) is 0.00762. The van der Waals surface area contributed by atoms with Crippen LogP contribution in [0.1, 0.15) is 18.9 Å². The van der Waals surface area contributed by atoms with E-state index in [2.05, 4.69) is 4.72 Å². The Morgan fingerprint density at radius 1 is 1.09 bits per heavy atom. The molecule has 6 heteroatoms. The van der Waals surface area contributed by atoms with Crippen molar-refractivity contribution in [2.24, 2.45) is 0 Å². The Labute approximate surface area is 141 Å². The van der Waals surface area contributed by atoms with Gasteiger partial charge < -0.3 is 0 Å². The molecule has 2 aromatic rings. The number of halogens is 2. The number of hydrogen-bond donors (Lipinski definition) is 1. The summed E-state index contributed by atoms with van der Waals surface area (Å²) in [5.41, 5.74) is 1.18. The van der Waals surface area contributed by atoms with E-state index < -0.39 is 10.0 Å². The second kappa shape index (κ2) is 7.47. The number of sulfonamides is 1. The summed E-state index contributed by atoms with van der Waals surface area (Å²) in [6, 6.07) is 14.1. The predicted octanol–water partition coefficient (Wildman–Crippen LogP) is 4.29. The summed E-state index contributed by atoms with van der Waals surface area (Å²) >= 11 is 11.8. The first-order chi connectivity index (χ1) is 10.4. The lowest BCUT2D eigenvalue weighted by molar-refractivity contribution is 0.547. The summed E-state index contributed by atoms with van der Waals surface area (Å²) in [6.45, 7) is 1.83. The van der Waals surface area contributed by atoms with E-state index in [1.165, 1.54) is 17.7 Å². The summed E-state index contributed by atoms with van der Waals surface area (Å²) < 4.78 is 27.4. The summed E-state index contributed by atoms with van der Waals surface area (Å²) in [5, 5.41) is 0.494. The van der Waals surface area contributed by atoms with Crippen molar-refractivity contribution in [3.05, 3.63) is 64.1 Å². The molecule has 0 radical (unpaired) electrons. The van der Waals surface area contributed by atoms with Gasteiger partial charge >= 0.3 is 0 Å². The monoisotopic (exact) mass is 357 g/mol. The van der Waals surface area contributed by atoms with Gasteiger partial charge in [0.05, 0.1) is 5.02 Å². The van der Waals surface area contributed by atoms with E-state index in [4.69, 9.17) is 23.2 Å². The highest BCUT2D eigenvalue weighted by Crippen LogP contribution is 2.25. The topological polar surface area (TPSA) is 46.2 Å². The lowest BCUT2D eigenvalue weighted by Gasteiger charge is -2.15. The number of rotatable bonds is 6. The van der Waals surface area contributed by atoms with Crippen LogP contribution in [0.2, 0.25) is 10.0 Å². The Balaban J connectivity index is 2.03. The first kappa shape index (κ1) is 17.3. The summed E-state index contributed by atoms with van der Waals surface area (Å²) in [7, 11) is -3.68. The van der Waals surface area contributed by atoms with Crippen LogP contribution in [0.5, 0.6) is 0 Å². The Hall–Kier alpha value is -1.07. The van der Waals surface area contributed by atoms with Crippen molar-refractivity contribution >= 4 is 33.2 Å². The molecule has 2 rings (SSSR count). The van der Waals surface area contributed by atoms with Crippen LogP contribution in [0, 0.1) is 0 Å². The molecule has 0 aliphatic carbocycles. The molecule has 1 atom stereocenters. The molecule has 0 aromatic heterocycles. The largest absolute Gasteiger partial charge is 0.242 e. The normalized spacial score (nSPS) is 13.0. The fraction of sp³-hybridized carbons (Fsp3) is 0.250. The van der Waals surface area contributed by atoms with Gasteiger partial charge in [-0.2, -0.15) is 0 Å².